The molecule has 2 aromatic rings. The van der Waals surface area contributed by atoms with E-state index in [4.69, 9.17) is 34.4 Å². The summed E-state index contributed by atoms with van der Waals surface area (Å²) in [6.45, 7) is -2.03. The first-order valence-electron chi connectivity index (χ1n) is 5.43. The van der Waals surface area contributed by atoms with E-state index in [1.165, 1.54) is 0 Å². The second-order valence-electron chi connectivity index (χ2n) is 3.95. The predicted molar refractivity (Wildman–Crippen MR) is 95.5 cm³/mol. The third kappa shape index (κ3) is 6.89. The second-order valence-corrected chi connectivity index (χ2v) is 7.64. The zero-order valence-corrected chi connectivity index (χ0v) is 14.9. The molecule has 0 unspecified atom stereocenters. The molecule has 116 valence electrons. The average Bonchev–Trinajstić information content (AvgIpc) is 2.33. The van der Waals surface area contributed by atoms with Gasteiger partial charge in [-0.25, -0.2) is 9.75 Å². The molecular formula is C11H15Cl3N5PS. The smallest absolute Gasteiger partial charge is 0.179 e. The molecule has 21 heavy (non-hydrogen) atoms. The van der Waals surface area contributed by atoms with Crippen molar-refractivity contribution in [3.63, 3.8) is 0 Å². The summed E-state index contributed by atoms with van der Waals surface area (Å²) in [5.41, 5.74) is 12.9. The lowest BCUT2D eigenvalue weighted by atomic mass is 10.3. The maximum atomic E-state index is 5.75. The Bertz CT molecular complexity index is 683. The number of nitrogens with zero attached hydrogens (tertiary/aromatic N) is 3. The van der Waals surface area contributed by atoms with E-state index >= 15 is 0 Å². The maximum absolute atomic E-state index is 5.75. The van der Waals surface area contributed by atoms with Crippen LogP contribution in [0.25, 0.3) is 0 Å². The van der Waals surface area contributed by atoms with Crippen LogP contribution >= 0.6 is 42.9 Å². The second kappa shape index (κ2) is 8.86. The van der Waals surface area contributed by atoms with Crippen LogP contribution in [0.2, 0.25) is 5.15 Å². The lowest BCUT2D eigenvalue weighted by Gasteiger charge is -2.09. The minimum absolute atomic E-state index is 0. The lowest BCUT2D eigenvalue weighted by Crippen LogP contribution is -2.21. The maximum Gasteiger partial charge on any atom is 0.179 e. The van der Waals surface area contributed by atoms with Crippen molar-refractivity contribution >= 4 is 54.7 Å². The van der Waals surface area contributed by atoms with Gasteiger partial charge in [-0.3, -0.25) is 11.0 Å². The molecule has 2 rings (SSSR count). The monoisotopic (exact) mass is 385 g/mol. The van der Waals surface area contributed by atoms with Gasteiger partial charge in [0.1, 0.15) is 10.6 Å². The number of hydrogen-bond donors (Lipinski definition) is 2. The fourth-order valence-electron chi connectivity index (χ4n) is 1.55. The van der Waals surface area contributed by atoms with E-state index in [1.54, 1.807) is 12.3 Å². The minimum atomic E-state index is -2.63. The molecule has 4 N–H and O–H groups in total. The van der Waals surface area contributed by atoms with Crippen LogP contribution in [0.3, 0.4) is 0 Å². The molecule has 0 aliphatic carbocycles. The van der Waals surface area contributed by atoms with Gasteiger partial charge in [0.2, 0.25) is 0 Å². The van der Waals surface area contributed by atoms with Gasteiger partial charge in [-0.05, 0) is 35.6 Å². The summed E-state index contributed by atoms with van der Waals surface area (Å²) < 4.78 is 6.11. The number of rotatable bonds is 3. The molecule has 0 radical (unpaired) electrons. The van der Waals surface area contributed by atoms with Gasteiger partial charge in [-0.1, -0.05) is 23.7 Å². The zero-order valence-electron chi connectivity index (χ0n) is 10.8. The van der Waals surface area contributed by atoms with E-state index in [1.807, 2.05) is 35.0 Å². The number of hydrogen-bond acceptors (Lipinski definition) is 2. The third-order valence-electron chi connectivity index (χ3n) is 2.32. The number of nitrogens with two attached hydrogens (primary N) is 2. The molecule has 0 saturated carbocycles. The van der Waals surface area contributed by atoms with Crippen LogP contribution < -0.4 is 16.5 Å². The van der Waals surface area contributed by atoms with E-state index in [-0.39, 0.29) is 24.8 Å². The Hall–Kier alpha value is -0.460. The van der Waals surface area contributed by atoms with Gasteiger partial charge in [0.25, 0.3) is 0 Å². The quantitative estimate of drug-likeness (QED) is 0.627. The van der Waals surface area contributed by atoms with E-state index in [2.05, 4.69) is 9.75 Å². The van der Waals surface area contributed by atoms with Crippen LogP contribution in [0.15, 0.2) is 47.5 Å². The highest BCUT2D eigenvalue weighted by atomic mass is 35.5. The Labute approximate surface area is 145 Å². The molecule has 0 atom stereocenters. The fraction of sp³-hybridized carbons (Fsp3) is 0.0909. The van der Waals surface area contributed by atoms with Gasteiger partial charge in [0, 0.05) is 12.4 Å². The van der Waals surface area contributed by atoms with E-state index in [9.17, 15) is 0 Å². The van der Waals surface area contributed by atoms with Gasteiger partial charge >= 0.3 is 0 Å². The van der Waals surface area contributed by atoms with Crippen molar-refractivity contribution in [3.05, 3.63) is 58.9 Å². The molecular weight excluding hydrogens is 372 g/mol. The van der Waals surface area contributed by atoms with Gasteiger partial charge < -0.3 is 4.57 Å². The van der Waals surface area contributed by atoms with E-state index in [0.717, 1.165) is 5.56 Å². The molecule has 0 spiro atoms. The van der Waals surface area contributed by atoms with E-state index < -0.39 is 6.49 Å². The van der Waals surface area contributed by atoms with Crippen molar-refractivity contribution < 1.29 is 0 Å². The molecule has 0 aromatic carbocycles. The van der Waals surface area contributed by atoms with Crippen LogP contribution in [-0.4, -0.2) is 9.55 Å². The minimum Gasteiger partial charge on any atom is -0.329 e. The van der Waals surface area contributed by atoms with Crippen molar-refractivity contribution in [3.8, 4) is 0 Å². The Morgan fingerprint density at radius 2 is 1.95 bits per heavy atom. The molecule has 2 aromatic heterocycles. The predicted octanol–water partition coefficient (Wildman–Crippen LogP) is 2.47. The fourth-order valence-corrected chi connectivity index (χ4v) is 2.41. The molecule has 2 heterocycles. The molecule has 5 nitrogen and oxygen atoms in total. The van der Waals surface area contributed by atoms with Gasteiger partial charge in [-0.2, -0.15) is 0 Å². The summed E-state index contributed by atoms with van der Waals surface area (Å²) >= 11 is 10.7. The van der Waals surface area contributed by atoms with Crippen molar-refractivity contribution in [2.75, 3.05) is 0 Å². The number of halogens is 3. The van der Waals surface area contributed by atoms with Crippen molar-refractivity contribution in [2.45, 2.75) is 6.54 Å². The van der Waals surface area contributed by atoms with Crippen LogP contribution in [0.4, 0.5) is 0 Å². The summed E-state index contributed by atoms with van der Waals surface area (Å²) in [5, 5.41) is 0.464. The van der Waals surface area contributed by atoms with Gasteiger partial charge in [0.05, 0.1) is 6.54 Å². The summed E-state index contributed by atoms with van der Waals surface area (Å²) in [6, 6.07) is 9.23. The molecule has 0 saturated heterocycles. The summed E-state index contributed by atoms with van der Waals surface area (Å²) in [7, 11) is 0. The molecule has 0 aliphatic rings. The van der Waals surface area contributed by atoms with Crippen LogP contribution in [0.5, 0.6) is 0 Å². The Morgan fingerprint density at radius 3 is 2.52 bits per heavy atom. The first-order chi connectivity index (χ1) is 8.94. The highest BCUT2D eigenvalue weighted by Crippen LogP contribution is 2.25. The van der Waals surface area contributed by atoms with Crippen molar-refractivity contribution in [1.29, 1.82) is 0 Å². The molecule has 0 amide bonds. The molecule has 0 aliphatic heterocycles. The van der Waals surface area contributed by atoms with Crippen molar-refractivity contribution in [1.82, 2.24) is 9.55 Å². The lowest BCUT2D eigenvalue weighted by molar-refractivity contribution is 0.744. The highest BCUT2D eigenvalue weighted by molar-refractivity contribution is 8.11. The number of pyridine rings is 2. The molecule has 0 fully saturated rings. The average molecular weight is 387 g/mol. The topological polar surface area (TPSA) is 82.2 Å². The summed E-state index contributed by atoms with van der Waals surface area (Å²) in [5.74, 6) is 0. The highest BCUT2D eigenvalue weighted by Gasteiger charge is 2.01. The van der Waals surface area contributed by atoms with Gasteiger partial charge in [-0.15, -0.1) is 24.8 Å². The third-order valence-corrected chi connectivity index (χ3v) is 3.30. The first kappa shape index (κ1) is 20.5. The summed E-state index contributed by atoms with van der Waals surface area (Å²) in [6.07, 6.45) is 3.60. The molecule has 0 bridgehead atoms. The van der Waals surface area contributed by atoms with Crippen molar-refractivity contribution in [2.24, 2.45) is 15.8 Å². The Kier molecular flexibility index (Phi) is 8.66. The first-order valence-corrected chi connectivity index (χ1v) is 8.70. The van der Waals surface area contributed by atoms with Crippen LogP contribution in [0, 0.1) is 0 Å². The largest absolute Gasteiger partial charge is 0.329 e. The van der Waals surface area contributed by atoms with E-state index in [0.29, 0.717) is 17.2 Å². The number of aromatic nitrogens is 2. The Balaban J connectivity index is 0.00000200. The normalized spacial score (nSPS) is 11.5. The zero-order chi connectivity index (χ0) is 13.9. The molecule has 10 heteroatoms. The van der Waals surface area contributed by atoms with Crippen LogP contribution in [-0.2, 0) is 18.4 Å². The van der Waals surface area contributed by atoms with Crippen LogP contribution in [0.1, 0.15) is 5.56 Å². The SMILES string of the molecule is Cl.Cl.NP(N)(=S)N=c1ccccn1Cc1ccc(Cl)nc1. The summed E-state index contributed by atoms with van der Waals surface area (Å²) in [4.78, 5) is 4.04. The standard InChI is InChI=1S/C11H13ClN5PS.2ClH/c12-10-5-4-9(7-15-10)8-17-6-2-1-3-11(17)16-18(13,14)19;;/h1-7H,8H2,(H4,13,14,19);2*1H. The van der Waals surface area contributed by atoms with Gasteiger partial charge in [0.15, 0.2) is 6.49 Å². The Morgan fingerprint density at radius 1 is 1.24 bits per heavy atom.